The summed E-state index contributed by atoms with van der Waals surface area (Å²) in [6, 6.07) is 0. The van der Waals surface area contributed by atoms with E-state index >= 15 is 0 Å². The molecule has 0 aromatic heterocycles. The first-order valence-electron chi connectivity index (χ1n) is 12.1. The zero-order chi connectivity index (χ0) is 25.7. The first-order chi connectivity index (χ1) is 16.2. The molecule has 0 heterocycles. The van der Waals surface area contributed by atoms with Gasteiger partial charge in [-0.2, -0.15) is 0 Å². The number of carbonyl (C=O) groups excluding carboxylic acids is 2. The first kappa shape index (κ1) is 32.7. The number of phosphoric ester groups is 1. The number of ether oxygens (including phenoxy) is 2. The van der Waals surface area contributed by atoms with Crippen molar-refractivity contribution in [1.82, 2.24) is 0 Å². The molecule has 3 atom stereocenters. The lowest BCUT2D eigenvalue weighted by Crippen LogP contribution is -2.28. The van der Waals surface area contributed by atoms with Gasteiger partial charge in [-0.1, -0.05) is 51.2 Å². The van der Waals surface area contributed by atoms with E-state index in [0.717, 1.165) is 45.4 Å². The van der Waals surface area contributed by atoms with E-state index in [4.69, 9.17) is 14.4 Å². The quantitative estimate of drug-likeness (QED) is 0.0849. The maximum Gasteiger partial charge on any atom is 0.472 e. The van der Waals surface area contributed by atoms with E-state index in [1.807, 2.05) is 0 Å². The van der Waals surface area contributed by atoms with Crippen LogP contribution in [0.4, 0.5) is 0 Å². The Bertz CT molecular complexity index is 611. The molecule has 0 aromatic carbocycles. The lowest BCUT2D eigenvalue weighted by Gasteiger charge is -2.20. The third-order valence-corrected chi connectivity index (χ3v) is 5.73. The third-order valence-electron chi connectivity index (χ3n) is 4.78. The second kappa shape index (κ2) is 21.0. The Balaban J connectivity index is 3.96. The van der Waals surface area contributed by atoms with Crippen molar-refractivity contribution in [3.63, 3.8) is 0 Å². The summed E-state index contributed by atoms with van der Waals surface area (Å²) in [5.74, 6) is -1.21. The van der Waals surface area contributed by atoms with Gasteiger partial charge >= 0.3 is 19.8 Å². The molecule has 0 aromatic rings. The Morgan fingerprint density at radius 3 is 1.85 bits per heavy atom. The molecule has 0 saturated carbocycles. The molecule has 0 saturated heterocycles. The van der Waals surface area contributed by atoms with E-state index in [9.17, 15) is 24.2 Å². The SMILES string of the molecule is CCCCC/C=C\CCCCCCCC(=O)OC(CO)COP(=O)(O)OCC(CO)OC(C)=O. The predicted molar refractivity (Wildman–Crippen MR) is 127 cm³/mol. The Hall–Kier alpha value is -1.29. The van der Waals surface area contributed by atoms with Gasteiger partial charge < -0.3 is 24.6 Å². The van der Waals surface area contributed by atoms with Crippen LogP contribution < -0.4 is 0 Å². The fourth-order valence-corrected chi connectivity index (χ4v) is 3.71. The number of esters is 2. The van der Waals surface area contributed by atoms with Gasteiger partial charge in [-0.05, 0) is 32.1 Å². The molecule has 34 heavy (non-hydrogen) atoms. The van der Waals surface area contributed by atoms with Gasteiger partial charge in [0, 0.05) is 13.3 Å². The molecule has 10 nitrogen and oxygen atoms in total. The number of hydrogen-bond donors (Lipinski definition) is 3. The van der Waals surface area contributed by atoms with Crippen LogP contribution in [0.1, 0.15) is 84.5 Å². The van der Waals surface area contributed by atoms with Gasteiger partial charge in [0.1, 0.15) is 12.2 Å². The lowest BCUT2D eigenvalue weighted by molar-refractivity contribution is -0.153. The van der Waals surface area contributed by atoms with Crippen LogP contribution in [0.25, 0.3) is 0 Å². The Morgan fingerprint density at radius 1 is 0.824 bits per heavy atom. The van der Waals surface area contributed by atoms with Crippen LogP contribution >= 0.6 is 7.82 Å². The molecule has 0 aliphatic rings. The molecule has 0 amide bonds. The molecule has 0 fully saturated rings. The van der Waals surface area contributed by atoms with Crippen LogP contribution in [0.2, 0.25) is 0 Å². The van der Waals surface area contributed by atoms with Gasteiger partial charge in [-0.15, -0.1) is 0 Å². The normalized spacial score (nSPS) is 15.1. The number of rotatable bonds is 22. The number of carbonyl (C=O) groups is 2. The highest BCUT2D eigenvalue weighted by atomic mass is 31.2. The van der Waals surface area contributed by atoms with Gasteiger partial charge in [0.05, 0.1) is 26.4 Å². The number of allylic oxidation sites excluding steroid dienone is 2. The summed E-state index contributed by atoms with van der Waals surface area (Å²) in [7, 11) is -4.57. The largest absolute Gasteiger partial charge is 0.472 e. The molecule has 0 aliphatic heterocycles. The van der Waals surface area contributed by atoms with Crippen LogP contribution in [-0.4, -0.2) is 65.7 Å². The van der Waals surface area contributed by atoms with Gasteiger partial charge in [0.15, 0.2) is 0 Å². The maximum atomic E-state index is 11.9. The minimum atomic E-state index is -4.57. The summed E-state index contributed by atoms with van der Waals surface area (Å²) in [4.78, 5) is 32.5. The molecule has 0 spiro atoms. The number of aliphatic hydroxyl groups excluding tert-OH is 2. The van der Waals surface area contributed by atoms with Crippen molar-refractivity contribution < 1.29 is 47.8 Å². The van der Waals surface area contributed by atoms with Crippen LogP contribution in [0.5, 0.6) is 0 Å². The molecule has 0 radical (unpaired) electrons. The fourth-order valence-electron chi connectivity index (χ4n) is 2.93. The van der Waals surface area contributed by atoms with Crippen molar-refractivity contribution >= 4 is 19.8 Å². The second-order valence-corrected chi connectivity index (χ2v) is 9.50. The van der Waals surface area contributed by atoms with E-state index in [0.29, 0.717) is 6.42 Å². The van der Waals surface area contributed by atoms with Crippen LogP contribution in [0.3, 0.4) is 0 Å². The van der Waals surface area contributed by atoms with E-state index in [1.54, 1.807) is 0 Å². The minimum Gasteiger partial charge on any atom is -0.458 e. The second-order valence-electron chi connectivity index (χ2n) is 8.04. The molecule has 200 valence electrons. The van der Waals surface area contributed by atoms with Crippen molar-refractivity contribution in [2.24, 2.45) is 0 Å². The molecule has 3 N–H and O–H groups in total. The van der Waals surface area contributed by atoms with Crippen molar-refractivity contribution in [3.05, 3.63) is 12.2 Å². The summed E-state index contributed by atoms with van der Waals surface area (Å²) < 4.78 is 31.0. The van der Waals surface area contributed by atoms with Gasteiger partial charge in [0.2, 0.25) is 0 Å². The van der Waals surface area contributed by atoms with Crippen LogP contribution in [0.15, 0.2) is 12.2 Å². The standard InChI is InChI=1S/C23H43O10P/c1-3-4-5-6-7-8-9-10-11-12-13-14-15-23(27)33-22(17-25)19-31-34(28,29)30-18-21(16-24)32-20(2)26/h7-8,21-22,24-25H,3-6,9-19H2,1-2H3,(H,28,29)/b8-7-. The van der Waals surface area contributed by atoms with Gasteiger partial charge in [0.25, 0.3) is 0 Å². The van der Waals surface area contributed by atoms with Crippen molar-refractivity contribution in [3.8, 4) is 0 Å². The topological polar surface area (TPSA) is 149 Å². The van der Waals surface area contributed by atoms with Gasteiger partial charge in [-0.25, -0.2) is 4.57 Å². The summed E-state index contributed by atoms with van der Waals surface area (Å²) >= 11 is 0. The van der Waals surface area contributed by atoms with Gasteiger partial charge in [-0.3, -0.25) is 18.6 Å². The highest BCUT2D eigenvalue weighted by molar-refractivity contribution is 7.47. The maximum absolute atomic E-state index is 11.9. The summed E-state index contributed by atoms with van der Waals surface area (Å²) in [6.07, 6.45) is 13.2. The number of aliphatic hydroxyl groups is 2. The van der Waals surface area contributed by atoms with Crippen molar-refractivity contribution in [2.45, 2.75) is 96.7 Å². The average Bonchev–Trinajstić information content (AvgIpc) is 2.79. The first-order valence-corrected chi connectivity index (χ1v) is 13.6. The Kier molecular flexibility index (Phi) is 20.2. The number of hydrogen-bond acceptors (Lipinski definition) is 9. The average molecular weight is 511 g/mol. The smallest absolute Gasteiger partial charge is 0.458 e. The molecule has 3 unspecified atom stereocenters. The molecule has 0 bridgehead atoms. The van der Waals surface area contributed by atoms with E-state index in [1.165, 1.54) is 19.3 Å². The predicted octanol–water partition coefficient (Wildman–Crippen LogP) is 3.82. The molecule has 0 aliphatic carbocycles. The summed E-state index contributed by atoms with van der Waals surface area (Å²) in [5, 5.41) is 18.4. The van der Waals surface area contributed by atoms with Crippen LogP contribution in [0, 0.1) is 0 Å². The highest BCUT2D eigenvalue weighted by Crippen LogP contribution is 2.43. The van der Waals surface area contributed by atoms with Crippen molar-refractivity contribution in [2.75, 3.05) is 26.4 Å². The molecular formula is C23H43O10P. The lowest BCUT2D eigenvalue weighted by atomic mass is 10.1. The molecule has 11 heteroatoms. The number of phosphoric acid groups is 1. The zero-order valence-electron chi connectivity index (χ0n) is 20.6. The molecule has 0 rings (SSSR count). The Morgan fingerprint density at radius 2 is 1.32 bits per heavy atom. The Labute approximate surface area is 203 Å². The number of unbranched alkanes of at least 4 members (excludes halogenated alkanes) is 8. The third kappa shape index (κ3) is 20.1. The van der Waals surface area contributed by atoms with E-state index in [2.05, 4.69) is 28.3 Å². The van der Waals surface area contributed by atoms with E-state index < -0.39 is 58.4 Å². The monoisotopic (exact) mass is 510 g/mol. The van der Waals surface area contributed by atoms with Crippen molar-refractivity contribution in [1.29, 1.82) is 0 Å². The zero-order valence-corrected chi connectivity index (χ0v) is 21.5. The minimum absolute atomic E-state index is 0.182. The fraction of sp³-hybridized carbons (Fsp3) is 0.826. The highest BCUT2D eigenvalue weighted by Gasteiger charge is 2.27. The summed E-state index contributed by atoms with van der Waals surface area (Å²) in [5.41, 5.74) is 0. The van der Waals surface area contributed by atoms with E-state index in [-0.39, 0.29) is 6.42 Å². The molecular weight excluding hydrogens is 467 g/mol. The van der Waals surface area contributed by atoms with Crippen LogP contribution in [-0.2, 0) is 32.7 Å². The summed E-state index contributed by atoms with van der Waals surface area (Å²) in [6.45, 7) is 0.994.